The predicted molar refractivity (Wildman–Crippen MR) is 92.9 cm³/mol. The second kappa shape index (κ2) is 7.33. The zero-order valence-electron chi connectivity index (χ0n) is 14.3. The molecule has 1 aromatic carbocycles. The van der Waals surface area contributed by atoms with E-state index in [0.717, 1.165) is 37.2 Å². The number of nitro benzene ring substituents is 1. The highest BCUT2D eigenvalue weighted by atomic mass is 16.6. The summed E-state index contributed by atoms with van der Waals surface area (Å²) >= 11 is 0. The molecule has 0 unspecified atom stereocenters. The number of anilines is 1. The molecule has 1 fully saturated rings. The summed E-state index contributed by atoms with van der Waals surface area (Å²) in [5, 5.41) is 19.1. The van der Waals surface area contributed by atoms with E-state index in [0.29, 0.717) is 17.0 Å². The van der Waals surface area contributed by atoms with Gasteiger partial charge in [-0.2, -0.15) is 0 Å². The molecule has 132 valence electrons. The van der Waals surface area contributed by atoms with Gasteiger partial charge >= 0.3 is 0 Å². The lowest BCUT2D eigenvalue weighted by Gasteiger charge is -2.17. The van der Waals surface area contributed by atoms with Crippen LogP contribution >= 0.6 is 0 Å². The Morgan fingerprint density at radius 3 is 2.80 bits per heavy atom. The molecule has 0 spiro atoms. The second-order valence-corrected chi connectivity index (χ2v) is 6.01. The van der Waals surface area contributed by atoms with E-state index in [1.165, 1.54) is 12.3 Å². The van der Waals surface area contributed by atoms with E-state index in [-0.39, 0.29) is 17.2 Å². The number of aromatic nitrogens is 1. The highest BCUT2D eigenvalue weighted by molar-refractivity contribution is 5.83. The van der Waals surface area contributed by atoms with Crippen LogP contribution in [0.4, 0.5) is 11.4 Å². The number of nitrogens with zero attached hydrogens (tertiary/aromatic N) is 4. The minimum absolute atomic E-state index is 0.0940. The van der Waals surface area contributed by atoms with Gasteiger partial charge in [0.2, 0.25) is 0 Å². The molecule has 0 radical (unpaired) electrons. The van der Waals surface area contributed by atoms with E-state index in [4.69, 9.17) is 9.36 Å². The molecule has 1 aromatic heterocycles. The van der Waals surface area contributed by atoms with Crippen LogP contribution < -0.4 is 4.90 Å². The van der Waals surface area contributed by atoms with E-state index in [1.54, 1.807) is 6.07 Å². The third-order valence-electron chi connectivity index (χ3n) is 4.31. The minimum atomic E-state index is -0.351. The van der Waals surface area contributed by atoms with E-state index in [9.17, 15) is 10.1 Å². The molecule has 3 rings (SSSR count). The maximum absolute atomic E-state index is 11.4. The van der Waals surface area contributed by atoms with Gasteiger partial charge < -0.3 is 14.3 Å². The highest BCUT2D eigenvalue weighted by Gasteiger charge is 2.22. The molecule has 2 heterocycles. The van der Waals surface area contributed by atoms with Crippen molar-refractivity contribution in [3.05, 3.63) is 50.9 Å². The number of rotatable bonds is 6. The largest absolute Gasteiger partial charge is 0.391 e. The third-order valence-corrected chi connectivity index (χ3v) is 4.31. The zero-order valence-corrected chi connectivity index (χ0v) is 14.3. The number of oxime groups is 1. The number of hydrogen-bond acceptors (Lipinski definition) is 7. The Hall–Kier alpha value is -2.90. The van der Waals surface area contributed by atoms with Crippen LogP contribution in [0, 0.1) is 24.0 Å². The molecule has 1 saturated heterocycles. The third kappa shape index (κ3) is 3.78. The normalized spacial score (nSPS) is 14.4. The molecule has 25 heavy (non-hydrogen) atoms. The molecule has 8 nitrogen and oxygen atoms in total. The van der Waals surface area contributed by atoms with Crippen LogP contribution in [0.1, 0.15) is 35.4 Å². The molecule has 0 N–H and O–H groups in total. The van der Waals surface area contributed by atoms with Crippen molar-refractivity contribution in [1.82, 2.24) is 5.16 Å². The maximum Gasteiger partial charge on any atom is 0.293 e. The van der Waals surface area contributed by atoms with E-state index in [1.807, 2.05) is 24.8 Å². The Kier molecular flexibility index (Phi) is 4.97. The van der Waals surface area contributed by atoms with Crippen molar-refractivity contribution < 1.29 is 14.3 Å². The summed E-state index contributed by atoms with van der Waals surface area (Å²) in [6, 6.07) is 5.11. The first kappa shape index (κ1) is 16.9. The van der Waals surface area contributed by atoms with Crippen molar-refractivity contribution in [2.24, 2.45) is 5.16 Å². The van der Waals surface area contributed by atoms with Crippen molar-refractivity contribution in [2.75, 3.05) is 18.0 Å². The van der Waals surface area contributed by atoms with Gasteiger partial charge in [0, 0.05) is 24.7 Å². The monoisotopic (exact) mass is 344 g/mol. The van der Waals surface area contributed by atoms with Gasteiger partial charge in [0.1, 0.15) is 18.1 Å². The molecule has 0 bridgehead atoms. The summed E-state index contributed by atoms with van der Waals surface area (Å²) in [5.74, 6) is 0.693. The predicted octanol–water partition coefficient (Wildman–Crippen LogP) is 3.35. The first-order valence-corrected chi connectivity index (χ1v) is 8.16. The first-order chi connectivity index (χ1) is 12.1. The summed E-state index contributed by atoms with van der Waals surface area (Å²) in [6.45, 7) is 5.59. The SMILES string of the molecule is Cc1noc(C)c1CON=Cc1ccc(N2CCCC2)c([N+](=O)[O-])c1. The lowest BCUT2D eigenvalue weighted by Crippen LogP contribution is -2.18. The van der Waals surface area contributed by atoms with Crippen LogP contribution in [-0.4, -0.2) is 29.4 Å². The van der Waals surface area contributed by atoms with Gasteiger partial charge in [-0.15, -0.1) is 0 Å². The Balaban J connectivity index is 1.70. The van der Waals surface area contributed by atoms with Gasteiger partial charge in [-0.05, 0) is 32.8 Å². The lowest BCUT2D eigenvalue weighted by atomic mass is 10.1. The molecule has 8 heteroatoms. The molecule has 0 atom stereocenters. The van der Waals surface area contributed by atoms with E-state index in [2.05, 4.69) is 10.3 Å². The second-order valence-electron chi connectivity index (χ2n) is 6.01. The van der Waals surface area contributed by atoms with Crippen LogP contribution in [0.2, 0.25) is 0 Å². The standard InChI is InChI=1S/C17H20N4O4/c1-12-15(13(2)25-19-12)11-24-18-10-14-5-6-16(17(9-14)21(22)23)20-7-3-4-8-20/h5-6,9-10H,3-4,7-8,11H2,1-2H3. The highest BCUT2D eigenvalue weighted by Crippen LogP contribution is 2.31. The van der Waals surface area contributed by atoms with Crippen LogP contribution in [0.25, 0.3) is 0 Å². The van der Waals surface area contributed by atoms with Crippen LogP contribution in [-0.2, 0) is 11.4 Å². The van der Waals surface area contributed by atoms with Gasteiger partial charge in [0.05, 0.1) is 22.4 Å². The molecule has 1 aliphatic rings. The fourth-order valence-electron chi connectivity index (χ4n) is 2.90. The van der Waals surface area contributed by atoms with Gasteiger partial charge in [-0.1, -0.05) is 16.4 Å². The van der Waals surface area contributed by atoms with Gasteiger partial charge in [0.15, 0.2) is 0 Å². The van der Waals surface area contributed by atoms with Gasteiger partial charge in [0.25, 0.3) is 5.69 Å². The molecule has 1 aliphatic heterocycles. The molecular weight excluding hydrogens is 324 g/mol. The Morgan fingerprint density at radius 2 is 2.16 bits per heavy atom. The van der Waals surface area contributed by atoms with E-state index >= 15 is 0 Å². The Morgan fingerprint density at radius 1 is 1.40 bits per heavy atom. The fourth-order valence-corrected chi connectivity index (χ4v) is 2.90. The molecular formula is C17H20N4O4. The summed E-state index contributed by atoms with van der Waals surface area (Å²) in [6.07, 6.45) is 3.60. The van der Waals surface area contributed by atoms with Crippen molar-refractivity contribution in [3.8, 4) is 0 Å². The zero-order chi connectivity index (χ0) is 17.8. The van der Waals surface area contributed by atoms with E-state index < -0.39 is 0 Å². The molecule has 0 saturated carbocycles. The van der Waals surface area contributed by atoms with Gasteiger partial charge in [-0.25, -0.2) is 0 Å². The number of aryl methyl sites for hydroxylation is 2. The van der Waals surface area contributed by atoms with Crippen molar-refractivity contribution in [1.29, 1.82) is 0 Å². The smallest absolute Gasteiger partial charge is 0.293 e. The topological polar surface area (TPSA) is 94.0 Å². The molecule has 0 amide bonds. The van der Waals surface area contributed by atoms with Crippen molar-refractivity contribution >= 4 is 17.6 Å². The van der Waals surface area contributed by atoms with Crippen LogP contribution in [0.15, 0.2) is 27.9 Å². The average Bonchev–Trinajstić information content (AvgIpc) is 3.23. The number of nitro groups is 1. The molecule has 0 aliphatic carbocycles. The first-order valence-electron chi connectivity index (χ1n) is 8.16. The van der Waals surface area contributed by atoms with Gasteiger partial charge in [-0.3, -0.25) is 10.1 Å². The Bertz CT molecular complexity index is 774. The quantitative estimate of drug-likeness (QED) is 0.453. The number of benzene rings is 1. The van der Waals surface area contributed by atoms with Crippen molar-refractivity contribution in [3.63, 3.8) is 0 Å². The summed E-state index contributed by atoms with van der Waals surface area (Å²) in [4.78, 5) is 18.3. The Labute approximate surface area is 145 Å². The fraction of sp³-hybridized carbons (Fsp3) is 0.412. The lowest BCUT2D eigenvalue weighted by molar-refractivity contribution is -0.384. The minimum Gasteiger partial charge on any atom is -0.391 e. The summed E-state index contributed by atoms with van der Waals surface area (Å²) < 4.78 is 5.05. The van der Waals surface area contributed by atoms with Crippen molar-refractivity contribution in [2.45, 2.75) is 33.3 Å². The summed E-state index contributed by atoms with van der Waals surface area (Å²) in [5.41, 5.74) is 2.99. The molecule has 2 aromatic rings. The van der Waals surface area contributed by atoms with Crippen LogP contribution in [0.5, 0.6) is 0 Å². The van der Waals surface area contributed by atoms with Crippen LogP contribution in [0.3, 0.4) is 0 Å². The average molecular weight is 344 g/mol. The maximum atomic E-state index is 11.4. The summed E-state index contributed by atoms with van der Waals surface area (Å²) in [7, 11) is 0. The number of hydrogen-bond donors (Lipinski definition) is 0.